The third-order valence-electron chi connectivity index (χ3n) is 1.65. The number of nitrogens with zero attached hydrogens (tertiary/aromatic N) is 1. The minimum atomic E-state index is -0.838. The van der Waals surface area contributed by atoms with Crippen LogP contribution in [0.2, 0.25) is 0 Å². The number of nitro groups is 1. The number of nitrogens with one attached hydrogen (secondary N) is 1. The van der Waals surface area contributed by atoms with E-state index in [4.69, 9.17) is 10.2 Å². The molecule has 0 fully saturated rings. The molecule has 0 spiro atoms. The Balaban J connectivity index is 2.21. The van der Waals surface area contributed by atoms with Gasteiger partial charge < -0.3 is 20.2 Å². The summed E-state index contributed by atoms with van der Waals surface area (Å²) in [5, 5.41) is 13.1. The van der Waals surface area contributed by atoms with E-state index >= 15 is 0 Å². The van der Waals surface area contributed by atoms with Gasteiger partial charge in [-0.1, -0.05) is 0 Å². The number of carbonyl (C=O) groups excluding carboxylic acids is 1. The molecule has 16 heavy (non-hydrogen) atoms. The first kappa shape index (κ1) is 12.0. The van der Waals surface area contributed by atoms with Crippen molar-refractivity contribution in [2.45, 2.75) is 6.54 Å². The molecule has 0 radical (unpaired) electrons. The standard InChI is InChI=1S/C8H11N3O5/c9-8(12)15-4-3-10-5-6-1-2-7(16-6)11(13)14/h1-2,10H,3-5H2,(H2,9,12). The average molecular weight is 229 g/mol. The van der Waals surface area contributed by atoms with Crippen molar-refractivity contribution in [3.63, 3.8) is 0 Å². The van der Waals surface area contributed by atoms with Crippen molar-refractivity contribution < 1.29 is 18.9 Å². The highest BCUT2D eigenvalue weighted by Crippen LogP contribution is 2.14. The summed E-state index contributed by atoms with van der Waals surface area (Å²) in [5.74, 6) is 0.135. The number of ether oxygens (including phenoxy) is 1. The highest BCUT2D eigenvalue weighted by Gasteiger charge is 2.10. The van der Waals surface area contributed by atoms with Crippen LogP contribution in [0, 0.1) is 10.1 Å². The second-order valence-corrected chi connectivity index (χ2v) is 2.84. The topological polar surface area (TPSA) is 121 Å². The van der Waals surface area contributed by atoms with E-state index in [0.29, 0.717) is 18.8 Å². The first-order chi connectivity index (χ1) is 7.59. The molecule has 0 aliphatic heterocycles. The molecular formula is C8H11N3O5. The Morgan fingerprint density at radius 2 is 2.38 bits per heavy atom. The van der Waals surface area contributed by atoms with Gasteiger partial charge in [-0.25, -0.2) is 4.79 Å². The molecule has 8 heteroatoms. The van der Waals surface area contributed by atoms with Crippen molar-refractivity contribution >= 4 is 12.0 Å². The first-order valence-electron chi connectivity index (χ1n) is 4.45. The van der Waals surface area contributed by atoms with E-state index in [-0.39, 0.29) is 12.5 Å². The number of rotatable bonds is 6. The van der Waals surface area contributed by atoms with E-state index in [1.807, 2.05) is 0 Å². The van der Waals surface area contributed by atoms with Gasteiger partial charge in [0, 0.05) is 6.54 Å². The third-order valence-corrected chi connectivity index (χ3v) is 1.65. The van der Waals surface area contributed by atoms with E-state index < -0.39 is 11.0 Å². The molecular weight excluding hydrogens is 218 g/mol. The zero-order chi connectivity index (χ0) is 12.0. The van der Waals surface area contributed by atoms with Gasteiger partial charge in [0.1, 0.15) is 17.3 Å². The van der Waals surface area contributed by atoms with Crippen LogP contribution >= 0.6 is 0 Å². The van der Waals surface area contributed by atoms with Crippen LogP contribution in [-0.4, -0.2) is 24.2 Å². The summed E-state index contributed by atoms with van der Waals surface area (Å²) in [6, 6.07) is 2.77. The minimum absolute atomic E-state index is 0.137. The predicted octanol–water partition coefficient (Wildman–Crippen LogP) is 0.373. The van der Waals surface area contributed by atoms with Crippen molar-refractivity contribution in [2.24, 2.45) is 5.73 Å². The number of furan rings is 1. The lowest BCUT2D eigenvalue weighted by Gasteiger charge is -2.02. The van der Waals surface area contributed by atoms with Gasteiger partial charge in [0.15, 0.2) is 0 Å². The van der Waals surface area contributed by atoms with Gasteiger partial charge in [-0.15, -0.1) is 0 Å². The molecule has 0 saturated carbocycles. The monoisotopic (exact) mass is 229 g/mol. The van der Waals surface area contributed by atoms with Gasteiger partial charge >= 0.3 is 12.0 Å². The Morgan fingerprint density at radius 3 is 2.94 bits per heavy atom. The molecule has 88 valence electrons. The number of hydrogen-bond donors (Lipinski definition) is 2. The van der Waals surface area contributed by atoms with E-state index in [0.717, 1.165) is 0 Å². The lowest BCUT2D eigenvalue weighted by atomic mass is 10.4. The molecule has 1 rings (SSSR count). The summed E-state index contributed by atoms with van der Waals surface area (Å²) in [6.07, 6.45) is -0.838. The van der Waals surface area contributed by atoms with Gasteiger partial charge in [0.25, 0.3) is 0 Å². The molecule has 1 aromatic heterocycles. The van der Waals surface area contributed by atoms with Crippen LogP contribution < -0.4 is 11.1 Å². The number of primary amides is 1. The number of carbonyl (C=O) groups is 1. The third kappa shape index (κ3) is 3.96. The fourth-order valence-electron chi connectivity index (χ4n) is 0.995. The van der Waals surface area contributed by atoms with Gasteiger partial charge in [-0.2, -0.15) is 0 Å². The quantitative estimate of drug-likeness (QED) is 0.413. The fraction of sp³-hybridized carbons (Fsp3) is 0.375. The molecule has 0 atom stereocenters. The maximum Gasteiger partial charge on any atom is 0.433 e. The minimum Gasteiger partial charge on any atom is -0.448 e. The molecule has 0 aliphatic rings. The van der Waals surface area contributed by atoms with E-state index in [9.17, 15) is 14.9 Å². The smallest absolute Gasteiger partial charge is 0.433 e. The summed E-state index contributed by atoms with van der Waals surface area (Å²) in [7, 11) is 0. The molecule has 0 bridgehead atoms. The second kappa shape index (κ2) is 5.71. The Labute approximate surface area is 90.5 Å². The molecule has 8 nitrogen and oxygen atoms in total. The molecule has 3 N–H and O–H groups in total. The van der Waals surface area contributed by atoms with Crippen LogP contribution in [0.5, 0.6) is 0 Å². The molecule has 0 saturated heterocycles. The van der Waals surface area contributed by atoms with Gasteiger partial charge in [-0.05, 0) is 6.07 Å². The Kier molecular flexibility index (Phi) is 4.28. The van der Waals surface area contributed by atoms with Gasteiger partial charge in [-0.3, -0.25) is 10.1 Å². The summed E-state index contributed by atoms with van der Waals surface area (Å²) >= 11 is 0. The summed E-state index contributed by atoms with van der Waals surface area (Å²) in [5.41, 5.74) is 4.74. The van der Waals surface area contributed by atoms with Crippen LogP contribution in [0.4, 0.5) is 10.7 Å². The number of nitrogens with two attached hydrogens (primary N) is 1. The maximum atomic E-state index is 10.3. The summed E-state index contributed by atoms with van der Waals surface area (Å²) < 4.78 is 9.34. The molecule has 1 heterocycles. The van der Waals surface area contributed by atoms with Gasteiger partial charge in [0.05, 0.1) is 12.6 Å². The van der Waals surface area contributed by atoms with E-state index in [1.165, 1.54) is 12.1 Å². The van der Waals surface area contributed by atoms with Crippen molar-refractivity contribution in [3.05, 3.63) is 28.0 Å². The highest BCUT2D eigenvalue weighted by atomic mass is 16.6. The van der Waals surface area contributed by atoms with Crippen molar-refractivity contribution in [1.29, 1.82) is 0 Å². The van der Waals surface area contributed by atoms with Crippen LogP contribution in [0.3, 0.4) is 0 Å². The summed E-state index contributed by atoms with van der Waals surface area (Å²) in [4.78, 5) is 19.9. The number of amides is 1. The molecule has 1 amide bonds. The van der Waals surface area contributed by atoms with Gasteiger partial charge in [0.2, 0.25) is 0 Å². The first-order valence-corrected chi connectivity index (χ1v) is 4.45. The summed E-state index contributed by atoms with van der Waals surface area (Å²) in [6.45, 7) is 0.839. The van der Waals surface area contributed by atoms with Crippen LogP contribution in [0.1, 0.15) is 5.76 Å². The number of hydrogen-bond acceptors (Lipinski definition) is 6. The van der Waals surface area contributed by atoms with Crippen LogP contribution in [0.25, 0.3) is 0 Å². The lowest BCUT2D eigenvalue weighted by Crippen LogP contribution is -2.23. The highest BCUT2D eigenvalue weighted by molar-refractivity contribution is 5.64. The van der Waals surface area contributed by atoms with Crippen LogP contribution in [0.15, 0.2) is 16.5 Å². The molecule has 0 unspecified atom stereocenters. The fourth-order valence-corrected chi connectivity index (χ4v) is 0.995. The lowest BCUT2D eigenvalue weighted by molar-refractivity contribution is -0.402. The Hall–Kier alpha value is -2.09. The zero-order valence-electron chi connectivity index (χ0n) is 8.34. The Bertz CT molecular complexity index is 376. The molecule has 0 aliphatic carbocycles. The van der Waals surface area contributed by atoms with Crippen molar-refractivity contribution in [1.82, 2.24) is 5.32 Å². The van der Waals surface area contributed by atoms with Crippen LogP contribution in [-0.2, 0) is 11.3 Å². The zero-order valence-corrected chi connectivity index (χ0v) is 8.34. The average Bonchev–Trinajstić information content (AvgIpc) is 2.65. The second-order valence-electron chi connectivity index (χ2n) is 2.84. The predicted molar refractivity (Wildman–Crippen MR) is 52.6 cm³/mol. The molecule has 1 aromatic rings. The van der Waals surface area contributed by atoms with Crippen molar-refractivity contribution in [3.8, 4) is 0 Å². The largest absolute Gasteiger partial charge is 0.448 e. The van der Waals surface area contributed by atoms with Crippen molar-refractivity contribution in [2.75, 3.05) is 13.2 Å². The van der Waals surface area contributed by atoms with E-state index in [1.54, 1.807) is 0 Å². The molecule has 0 aromatic carbocycles. The van der Waals surface area contributed by atoms with E-state index in [2.05, 4.69) is 10.1 Å². The normalized spacial score (nSPS) is 10.0. The SMILES string of the molecule is NC(=O)OCCNCc1ccc([N+](=O)[O-])o1. The Morgan fingerprint density at radius 1 is 1.62 bits per heavy atom. The maximum absolute atomic E-state index is 10.3.